The SMILES string of the molecule is c1ccc(-c2nc(-c3ccccc3)nc(-c3cccc4c3ccc3nc(-c5ccccc5)[se]c34)n2)cc1. The number of rotatable bonds is 4. The van der Waals surface area contributed by atoms with Crippen LogP contribution in [0.2, 0.25) is 0 Å². The molecule has 0 fully saturated rings. The minimum absolute atomic E-state index is 0.123. The van der Waals surface area contributed by atoms with Gasteiger partial charge in [0.25, 0.3) is 0 Å². The van der Waals surface area contributed by atoms with Gasteiger partial charge in [-0.1, -0.05) is 0 Å². The second kappa shape index (κ2) is 9.21. The molecule has 174 valence electrons. The topological polar surface area (TPSA) is 51.6 Å². The fourth-order valence-electron chi connectivity index (χ4n) is 4.57. The monoisotopic (exact) mass is 540 g/mol. The first-order valence-corrected chi connectivity index (χ1v) is 13.8. The first kappa shape index (κ1) is 21.8. The first-order chi connectivity index (χ1) is 18.3. The summed E-state index contributed by atoms with van der Waals surface area (Å²) in [6, 6.07) is 41.3. The third kappa shape index (κ3) is 4.05. The van der Waals surface area contributed by atoms with Crippen molar-refractivity contribution in [3.8, 4) is 44.3 Å². The Labute approximate surface area is 220 Å². The van der Waals surface area contributed by atoms with Crippen LogP contribution in [0, 0.1) is 0 Å². The molecule has 0 saturated carbocycles. The van der Waals surface area contributed by atoms with Gasteiger partial charge in [-0.2, -0.15) is 0 Å². The molecule has 0 unspecified atom stereocenters. The second-order valence-corrected chi connectivity index (χ2v) is 10.8. The molecule has 5 heteroatoms. The van der Waals surface area contributed by atoms with Gasteiger partial charge in [-0.3, -0.25) is 0 Å². The number of hydrogen-bond acceptors (Lipinski definition) is 4. The molecule has 0 aliphatic carbocycles. The Bertz CT molecular complexity index is 1810. The zero-order valence-electron chi connectivity index (χ0n) is 19.7. The Morgan fingerprint density at radius 1 is 0.405 bits per heavy atom. The summed E-state index contributed by atoms with van der Waals surface area (Å²) in [4.78, 5) is 19.7. The van der Waals surface area contributed by atoms with Crippen molar-refractivity contribution >= 4 is 35.1 Å². The van der Waals surface area contributed by atoms with Crippen LogP contribution in [0.4, 0.5) is 0 Å². The first-order valence-electron chi connectivity index (χ1n) is 12.1. The molecule has 2 heterocycles. The average Bonchev–Trinajstić information content (AvgIpc) is 3.43. The molecule has 0 N–H and O–H groups in total. The quantitative estimate of drug-likeness (QED) is 0.220. The molecule has 0 aliphatic heterocycles. The summed E-state index contributed by atoms with van der Waals surface area (Å²) in [5.74, 6) is 2.01. The van der Waals surface area contributed by atoms with E-state index in [0.717, 1.165) is 27.6 Å². The van der Waals surface area contributed by atoms with Gasteiger partial charge in [0, 0.05) is 0 Å². The van der Waals surface area contributed by atoms with E-state index in [1.807, 2.05) is 66.7 Å². The summed E-state index contributed by atoms with van der Waals surface area (Å²) in [7, 11) is 0. The van der Waals surface area contributed by atoms with E-state index in [4.69, 9.17) is 19.9 Å². The fourth-order valence-corrected chi connectivity index (χ4v) is 6.87. The maximum absolute atomic E-state index is 4.99. The van der Waals surface area contributed by atoms with Gasteiger partial charge in [-0.15, -0.1) is 0 Å². The van der Waals surface area contributed by atoms with E-state index >= 15 is 0 Å². The predicted molar refractivity (Wildman–Crippen MR) is 151 cm³/mol. The molecule has 0 atom stereocenters. The summed E-state index contributed by atoms with van der Waals surface area (Å²) >= 11 is 0.123. The molecule has 5 aromatic carbocycles. The number of fused-ring (bicyclic) bond motifs is 3. The van der Waals surface area contributed by atoms with E-state index in [2.05, 4.69) is 54.6 Å². The normalized spacial score (nSPS) is 11.2. The van der Waals surface area contributed by atoms with Crippen LogP contribution in [-0.2, 0) is 0 Å². The Kier molecular flexibility index (Phi) is 5.43. The molecule has 0 radical (unpaired) electrons. The van der Waals surface area contributed by atoms with Crippen molar-refractivity contribution in [3.05, 3.63) is 121 Å². The van der Waals surface area contributed by atoms with Gasteiger partial charge in [0.05, 0.1) is 0 Å². The number of nitrogens with zero attached hydrogens (tertiary/aromatic N) is 4. The van der Waals surface area contributed by atoms with Crippen LogP contribution in [0.3, 0.4) is 0 Å². The zero-order chi connectivity index (χ0) is 24.6. The molecular formula is C32H20N4Se. The van der Waals surface area contributed by atoms with Gasteiger partial charge in [-0.05, 0) is 0 Å². The number of benzene rings is 5. The van der Waals surface area contributed by atoms with Crippen LogP contribution < -0.4 is 0 Å². The van der Waals surface area contributed by atoms with Crippen molar-refractivity contribution in [2.24, 2.45) is 0 Å². The molecule has 0 spiro atoms. The van der Waals surface area contributed by atoms with Gasteiger partial charge in [0.1, 0.15) is 0 Å². The van der Waals surface area contributed by atoms with Crippen molar-refractivity contribution < 1.29 is 0 Å². The molecule has 0 bridgehead atoms. The zero-order valence-corrected chi connectivity index (χ0v) is 21.5. The van der Waals surface area contributed by atoms with Crippen LogP contribution in [0.1, 0.15) is 0 Å². The summed E-state index contributed by atoms with van der Waals surface area (Å²) < 4.78 is 2.48. The molecule has 4 nitrogen and oxygen atoms in total. The van der Waals surface area contributed by atoms with E-state index in [-0.39, 0.29) is 14.5 Å². The van der Waals surface area contributed by atoms with Crippen LogP contribution in [0.25, 0.3) is 64.8 Å². The van der Waals surface area contributed by atoms with Crippen LogP contribution in [0.5, 0.6) is 0 Å². The summed E-state index contributed by atoms with van der Waals surface area (Å²) in [5.41, 5.74) is 5.19. The summed E-state index contributed by atoms with van der Waals surface area (Å²) in [6.45, 7) is 0. The van der Waals surface area contributed by atoms with Gasteiger partial charge >= 0.3 is 221 Å². The van der Waals surface area contributed by atoms with Crippen LogP contribution in [-0.4, -0.2) is 34.4 Å². The molecule has 0 saturated heterocycles. The Morgan fingerprint density at radius 3 is 1.59 bits per heavy atom. The molecular weight excluding hydrogens is 519 g/mol. The third-order valence-electron chi connectivity index (χ3n) is 6.37. The Morgan fingerprint density at radius 2 is 0.973 bits per heavy atom. The van der Waals surface area contributed by atoms with E-state index in [9.17, 15) is 0 Å². The Hall–Kier alpha value is -4.44. The second-order valence-electron chi connectivity index (χ2n) is 8.74. The molecule has 0 aliphatic rings. The maximum atomic E-state index is 4.99. The fraction of sp³-hybridized carbons (Fsp3) is 0. The Balaban J connectivity index is 1.44. The van der Waals surface area contributed by atoms with Gasteiger partial charge < -0.3 is 0 Å². The van der Waals surface area contributed by atoms with E-state index in [1.165, 1.54) is 19.8 Å². The van der Waals surface area contributed by atoms with Crippen LogP contribution in [0.15, 0.2) is 121 Å². The predicted octanol–water partition coefficient (Wildman–Crippen LogP) is 7.30. The summed E-state index contributed by atoms with van der Waals surface area (Å²) in [6.07, 6.45) is 0. The van der Waals surface area contributed by atoms with Gasteiger partial charge in [-0.25, -0.2) is 0 Å². The van der Waals surface area contributed by atoms with Crippen molar-refractivity contribution in [2.45, 2.75) is 0 Å². The summed E-state index contributed by atoms with van der Waals surface area (Å²) in [5, 5.41) is 2.35. The van der Waals surface area contributed by atoms with Gasteiger partial charge in [0.2, 0.25) is 0 Å². The molecule has 7 aromatic rings. The number of aromatic nitrogens is 4. The van der Waals surface area contributed by atoms with Crippen molar-refractivity contribution in [3.63, 3.8) is 0 Å². The number of hydrogen-bond donors (Lipinski definition) is 0. The van der Waals surface area contributed by atoms with Crippen molar-refractivity contribution in [2.75, 3.05) is 0 Å². The van der Waals surface area contributed by atoms with E-state index in [1.54, 1.807) is 0 Å². The van der Waals surface area contributed by atoms with E-state index < -0.39 is 0 Å². The standard InChI is InChI=1S/C32H20N4Se/c1-4-11-21(12-5-1)29-34-30(22-13-6-2-7-14-22)36-31(35-29)26-18-10-17-25-24(26)19-20-27-28(25)37-32(33-27)23-15-8-3-9-16-23/h1-20H. The van der Waals surface area contributed by atoms with Crippen molar-refractivity contribution in [1.82, 2.24) is 19.9 Å². The third-order valence-corrected chi connectivity index (χ3v) is 8.79. The van der Waals surface area contributed by atoms with Crippen LogP contribution >= 0.6 is 0 Å². The van der Waals surface area contributed by atoms with E-state index in [0.29, 0.717) is 17.5 Å². The molecule has 37 heavy (non-hydrogen) atoms. The molecule has 0 amide bonds. The van der Waals surface area contributed by atoms with Gasteiger partial charge in [0.15, 0.2) is 0 Å². The molecule has 2 aromatic heterocycles. The minimum atomic E-state index is 0.123. The molecule has 7 rings (SSSR count). The van der Waals surface area contributed by atoms with Crippen molar-refractivity contribution in [1.29, 1.82) is 0 Å². The average molecular weight is 540 g/mol.